The zero-order valence-electron chi connectivity index (χ0n) is 29.2. The summed E-state index contributed by atoms with van der Waals surface area (Å²) in [4.78, 5) is 25.7. The normalized spacial score (nSPS) is 20.4. The Balaban J connectivity index is 0.870. The van der Waals surface area contributed by atoms with Gasteiger partial charge in [-0.3, -0.25) is 9.59 Å². The first kappa shape index (κ1) is 34.3. The highest BCUT2D eigenvalue weighted by atomic mass is 16.1. The number of nitrogens with one attached hydrogen (secondary N) is 2. The number of carbonyl (C=O) groups is 2. The molecule has 2 aromatic carbocycles. The third-order valence-corrected chi connectivity index (χ3v) is 11.1. The Bertz CT molecular complexity index is 1570. The topological polar surface area (TPSA) is 110 Å². The molecule has 4 aromatic rings. The van der Waals surface area contributed by atoms with Crippen LogP contribution in [-0.2, 0) is 35.3 Å². The Morgan fingerprint density at radius 3 is 1.28 bits per heavy atom. The fourth-order valence-corrected chi connectivity index (χ4v) is 8.20. The van der Waals surface area contributed by atoms with E-state index in [1.165, 1.54) is 36.8 Å². The van der Waals surface area contributed by atoms with Gasteiger partial charge in [-0.05, 0) is 129 Å². The molecule has 0 radical (unpaired) electrons. The van der Waals surface area contributed by atoms with Crippen LogP contribution in [-0.4, -0.2) is 58.1 Å². The van der Waals surface area contributed by atoms with Gasteiger partial charge in [-0.1, -0.05) is 55.0 Å². The summed E-state index contributed by atoms with van der Waals surface area (Å²) < 4.78 is 0. The average molecular weight is 671 g/mol. The van der Waals surface area contributed by atoms with Crippen LogP contribution in [0.25, 0.3) is 0 Å². The van der Waals surface area contributed by atoms with Crippen molar-refractivity contribution in [3.05, 3.63) is 118 Å². The molecule has 7 rings (SSSR count). The molecule has 3 aliphatic rings. The van der Waals surface area contributed by atoms with Crippen molar-refractivity contribution < 1.29 is 9.59 Å². The van der Waals surface area contributed by atoms with E-state index in [0.717, 1.165) is 85.8 Å². The summed E-state index contributed by atoms with van der Waals surface area (Å²) in [5.74, 6) is 2.15. The Morgan fingerprint density at radius 1 is 0.480 bits per heavy atom. The molecule has 2 aliphatic heterocycles. The number of nitrogens with zero attached hydrogens (tertiary/aromatic N) is 4. The molecule has 50 heavy (non-hydrogen) atoms. The van der Waals surface area contributed by atoms with Gasteiger partial charge in [0, 0.05) is 24.7 Å². The van der Waals surface area contributed by atoms with Crippen molar-refractivity contribution >= 4 is 11.6 Å². The Kier molecular flexibility index (Phi) is 11.5. The third kappa shape index (κ3) is 9.15. The third-order valence-electron chi connectivity index (χ3n) is 11.1. The first-order valence-corrected chi connectivity index (χ1v) is 18.8. The van der Waals surface area contributed by atoms with E-state index in [1.54, 1.807) is 0 Å². The van der Waals surface area contributed by atoms with Crippen LogP contribution in [0.4, 0.5) is 0 Å². The lowest BCUT2D eigenvalue weighted by atomic mass is 9.78. The lowest BCUT2D eigenvalue weighted by Crippen LogP contribution is -2.26. The van der Waals surface area contributed by atoms with E-state index in [9.17, 15) is 9.59 Å². The quantitative estimate of drug-likeness (QED) is 0.180. The maximum absolute atomic E-state index is 12.9. The predicted molar refractivity (Wildman–Crippen MR) is 195 cm³/mol. The van der Waals surface area contributed by atoms with Gasteiger partial charge in [-0.25, -0.2) is 0 Å². The molecule has 4 heterocycles. The van der Waals surface area contributed by atoms with Crippen LogP contribution < -0.4 is 10.6 Å². The van der Waals surface area contributed by atoms with E-state index in [2.05, 4.69) is 91.7 Å². The van der Waals surface area contributed by atoms with Gasteiger partial charge >= 0.3 is 0 Å². The van der Waals surface area contributed by atoms with E-state index >= 15 is 0 Å². The molecule has 2 saturated heterocycles. The fourth-order valence-electron chi connectivity index (χ4n) is 8.20. The van der Waals surface area contributed by atoms with Gasteiger partial charge in [0.2, 0.25) is 0 Å². The molecule has 2 aromatic heterocycles. The van der Waals surface area contributed by atoms with Gasteiger partial charge in [0.25, 0.3) is 0 Å². The molecule has 1 aliphatic carbocycles. The van der Waals surface area contributed by atoms with Crippen LogP contribution in [0.5, 0.6) is 0 Å². The van der Waals surface area contributed by atoms with Gasteiger partial charge in [0.1, 0.15) is 11.6 Å². The Hall–Kier alpha value is -4.14. The molecule has 260 valence electrons. The Morgan fingerprint density at radius 2 is 0.900 bits per heavy atom. The number of carbonyl (C=O) groups excluding carboxylic acids is 2. The number of benzene rings is 2. The van der Waals surface area contributed by atoms with Crippen molar-refractivity contribution in [2.75, 3.05) is 26.2 Å². The number of hydrogen-bond acceptors (Lipinski definition) is 8. The summed E-state index contributed by atoms with van der Waals surface area (Å²) in [6.45, 7) is 4.31. The van der Waals surface area contributed by atoms with Crippen molar-refractivity contribution in [1.29, 1.82) is 0 Å². The van der Waals surface area contributed by atoms with E-state index in [1.807, 2.05) is 12.1 Å². The summed E-state index contributed by atoms with van der Waals surface area (Å²) in [6, 6.07) is 25.3. The largest absolute Gasteiger partial charge is 0.317 e. The predicted octanol–water partition coefficient (Wildman–Crippen LogP) is 6.35. The van der Waals surface area contributed by atoms with E-state index in [-0.39, 0.29) is 11.6 Å². The number of ketones is 2. The minimum atomic E-state index is 0.157. The van der Waals surface area contributed by atoms with Crippen LogP contribution in [0, 0.1) is 0 Å². The van der Waals surface area contributed by atoms with Crippen molar-refractivity contribution in [3.8, 4) is 0 Å². The molecular formula is C42H50N6O2. The molecule has 3 fully saturated rings. The molecule has 2 N–H and O–H groups in total. The summed E-state index contributed by atoms with van der Waals surface area (Å²) >= 11 is 0. The van der Waals surface area contributed by atoms with Crippen molar-refractivity contribution in [3.63, 3.8) is 0 Å². The molecule has 1 saturated carbocycles. The monoisotopic (exact) mass is 670 g/mol. The molecular weight excluding hydrogens is 621 g/mol. The Labute approximate surface area is 296 Å². The lowest BCUT2D eigenvalue weighted by Gasteiger charge is -2.28. The fraction of sp³-hybridized carbons (Fsp3) is 0.476. The molecule has 0 bridgehead atoms. The zero-order valence-corrected chi connectivity index (χ0v) is 29.2. The number of piperidine rings is 2. The van der Waals surface area contributed by atoms with Crippen LogP contribution in [0.3, 0.4) is 0 Å². The molecule has 0 amide bonds. The van der Waals surface area contributed by atoms with Gasteiger partial charge in [0.05, 0.1) is 35.6 Å². The van der Waals surface area contributed by atoms with Crippen LogP contribution in [0.1, 0.15) is 120 Å². The molecule has 2 atom stereocenters. The maximum Gasteiger partial charge on any atom is 0.143 e. The number of aromatic nitrogens is 4. The number of Topliss-reactive ketones (excluding diaryl/α,β-unsaturated/α-hetero) is 2. The van der Waals surface area contributed by atoms with Crippen LogP contribution in [0.2, 0.25) is 0 Å². The summed E-state index contributed by atoms with van der Waals surface area (Å²) in [6.07, 6.45) is 10.3. The summed E-state index contributed by atoms with van der Waals surface area (Å²) in [7, 11) is 0. The highest BCUT2D eigenvalue weighted by molar-refractivity contribution is 5.83. The van der Waals surface area contributed by atoms with E-state index < -0.39 is 0 Å². The van der Waals surface area contributed by atoms with Gasteiger partial charge < -0.3 is 10.6 Å². The second kappa shape index (κ2) is 16.7. The van der Waals surface area contributed by atoms with Gasteiger partial charge in [-0.2, -0.15) is 20.4 Å². The highest BCUT2D eigenvalue weighted by Crippen LogP contribution is 2.40. The summed E-state index contributed by atoms with van der Waals surface area (Å²) in [5, 5.41) is 24.9. The highest BCUT2D eigenvalue weighted by Gasteiger charge is 2.27. The minimum absolute atomic E-state index is 0.157. The van der Waals surface area contributed by atoms with Gasteiger partial charge in [-0.15, -0.1) is 0 Å². The van der Waals surface area contributed by atoms with E-state index in [0.29, 0.717) is 49.4 Å². The lowest BCUT2D eigenvalue weighted by molar-refractivity contribution is -0.118. The first-order chi connectivity index (χ1) is 24.6. The van der Waals surface area contributed by atoms with Gasteiger partial charge in [0.15, 0.2) is 0 Å². The molecule has 8 heteroatoms. The second-order valence-corrected chi connectivity index (χ2v) is 14.8. The summed E-state index contributed by atoms with van der Waals surface area (Å²) in [5.41, 5.74) is 8.29. The van der Waals surface area contributed by atoms with Crippen LogP contribution >= 0.6 is 0 Å². The molecule has 0 unspecified atom stereocenters. The average Bonchev–Trinajstić information content (AvgIpc) is 3.17. The molecule has 0 spiro atoms. The van der Waals surface area contributed by atoms with Crippen molar-refractivity contribution in [1.82, 2.24) is 31.0 Å². The minimum Gasteiger partial charge on any atom is -0.317 e. The SMILES string of the molecule is O=C(Cc1ccc(C2CCNCC2)cc1)Cc1ccc([C@@H]2CCC[C@@H](c3ccc(CC(=O)Cc4ccc(C5CCNCC5)cc4)nn3)C2)nn1. The number of rotatable bonds is 12. The molecule has 8 nitrogen and oxygen atoms in total. The maximum atomic E-state index is 12.9. The van der Waals surface area contributed by atoms with Crippen LogP contribution in [0.15, 0.2) is 72.8 Å². The van der Waals surface area contributed by atoms with Crippen molar-refractivity contribution in [2.24, 2.45) is 0 Å². The van der Waals surface area contributed by atoms with Crippen molar-refractivity contribution in [2.45, 2.75) is 101 Å². The number of hydrogen-bond donors (Lipinski definition) is 2. The second-order valence-electron chi connectivity index (χ2n) is 14.8. The van der Waals surface area contributed by atoms with E-state index in [4.69, 9.17) is 0 Å². The first-order valence-electron chi connectivity index (χ1n) is 18.8. The zero-order chi connectivity index (χ0) is 34.1. The smallest absolute Gasteiger partial charge is 0.143 e. The standard InChI is InChI=1S/C42H50N6O2/c49-39(24-29-4-8-31(9-5-29)33-16-20-43-21-17-33)27-37-12-14-41(47-45-37)35-2-1-3-36(26-35)42-15-13-38(46-48-42)28-40(50)25-30-6-10-32(11-7-30)34-18-22-44-23-19-34/h4-15,33-36,43-44H,1-3,16-28H2/t35-,36-/m1/s1.